The monoisotopic (exact) mass is 282 g/mol. The maximum Gasteiger partial charge on any atom is 0.373 e. The number of hydrogen-bond donors (Lipinski definition) is 1. The third kappa shape index (κ3) is 9.18. The Bertz CT molecular complexity index is 349. The van der Waals surface area contributed by atoms with Gasteiger partial charge in [-0.3, -0.25) is 0 Å². The van der Waals surface area contributed by atoms with Gasteiger partial charge in [-0.25, -0.2) is 0 Å². The van der Waals surface area contributed by atoms with Crippen molar-refractivity contribution in [3.05, 3.63) is 0 Å². The summed E-state index contributed by atoms with van der Waals surface area (Å²) in [6, 6.07) is 2.30. The van der Waals surface area contributed by atoms with Crippen LogP contribution in [0.1, 0.15) is 52.4 Å². The fraction of sp³-hybridized carbons (Fsp3) is 0.786. The summed E-state index contributed by atoms with van der Waals surface area (Å²) < 4.78 is 0. The van der Waals surface area contributed by atoms with E-state index in [0.29, 0.717) is 5.41 Å². The lowest BCUT2D eigenvalue weighted by molar-refractivity contribution is -0.193. The molecule has 6 heteroatoms. The molecule has 20 heavy (non-hydrogen) atoms. The molecule has 0 radical (unpaired) electrons. The van der Waals surface area contributed by atoms with Gasteiger partial charge >= 0.3 is 12.3 Å². The lowest BCUT2D eigenvalue weighted by atomic mass is 10.1. The molecule has 2 saturated carbocycles. The zero-order valence-corrected chi connectivity index (χ0v) is 12.1. The van der Waals surface area contributed by atoms with E-state index in [-0.39, 0.29) is 17.7 Å². The molecule has 2 fully saturated rings. The number of carbonyl (C=O) groups excluding carboxylic acids is 4. The highest BCUT2D eigenvalue weighted by atomic mass is 16.2. The Morgan fingerprint density at radius 1 is 0.950 bits per heavy atom. The van der Waals surface area contributed by atoms with Gasteiger partial charge in [-0.15, -0.1) is 0 Å². The average Bonchev–Trinajstić information content (AvgIpc) is 3.36. The van der Waals surface area contributed by atoms with Crippen molar-refractivity contribution in [2.75, 3.05) is 6.54 Å². The number of nitrogens with two attached hydrogens (primary N) is 1. The van der Waals surface area contributed by atoms with Gasteiger partial charge in [0.25, 0.3) is 0 Å². The van der Waals surface area contributed by atoms with Gasteiger partial charge in [0.2, 0.25) is 0 Å². The van der Waals surface area contributed by atoms with Crippen LogP contribution < -0.4 is 5.73 Å². The van der Waals surface area contributed by atoms with Gasteiger partial charge in [0, 0.05) is 0 Å². The van der Waals surface area contributed by atoms with Crippen LogP contribution in [0.2, 0.25) is 0 Å². The van der Waals surface area contributed by atoms with E-state index in [1.165, 1.54) is 19.3 Å². The van der Waals surface area contributed by atoms with Gasteiger partial charge < -0.3 is 5.73 Å². The molecule has 2 rings (SSSR count). The summed E-state index contributed by atoms with van der Waals surface area (Å²) in [5.74, 6) is 0. The second-order valence-corrected chi connectivity index (χ2v) is 4.97. The number of nitriles is 1. The van der Waals surface area contributed by atoms with Gasteiger partial charge in [0.05, 0.1) is 11.5 Å². The van der Waals surface area contributed by atoms with E-state index in [2.05, 4.69) is 19.9 Å². The lowest BCUT2D eigenvalue weighted by Gasteiger charge is -2.04. The van der Waals surface area contributed by atoms with Crippen LogP contribution >= 0.6 is 0 Å². The molecule has 0 aliphatic heterocycles. The molecule has 0 atom stereocenters. The summed E-state index contributed by atoms with van der Waals surface area (Å²) in [5, 5.41) is 8.41. The molecule has 0 aromatic rings. The second-order valence-electron chi connectivity index (χ2n) is 4.97. The third-order valence-corrected chi connectivity index (χ3v) is 3.91. The molecule has 0 amide bonds. The first kappa shape index (κ1) is 20.5. The van der Waals surface area contributed by atoms with Crippen molar-refractivity contribution in [1.82, 2.24) is 0 Å². The van der Waals surface area contributed by atoms with Crippen LogP contribution in [0, 0.1) is 22.2 Å². The van der Waals surface area contributed by atoms with Crippen molar-refractivity contribution in [2.24, 2.45) is 16.6 Å². The van der Waals surface area contributed by atoms with Gasteiger partial charge in [0.1, 0.15) is 0 Å². The first-order valence-electron chi connectivity index (χ1n) is 6.59. The minimum absolute atomic E-state index is 0.139. The van der Waals surface area contributed by atoms with Crippen LogP contribution in [-0.2, 0) is 19.2 Å². The van der Waals surface area contributed by atoms with E-state index < -0.39 is 0 Å². The van der Waals surface area contributed by atoms with E-state index in [9.17, 15) is 0 Å². The Morgan fingerprint density at radius 3 is 1.35 bits per heavy atom. The standard InChI is InChI=1S/C6H13N.C6H9N.2CO2/c2*1-2-6(5-7)3-4-6;2*2-1-3/h2-5,7H2,1H3;2-4H2,1H3;;. The fourth-order valence-electron chi connectivity index (χ4n) is 1.57. The summed E-state index contributed by atoms with van der Waals surface area (Å²) in [4.78, 5) is 32.5. The molecule has 2 aliphatic rings. The van der Waals surface area contributed by atoms with Crippen molar-refractivity contribution in [3.63, 3.8) is 0 Å². The van der Waals surface area contributed by atoms with Crippen LogP contribution in [0.25, 0.3) is 0 Å². The quantitative estimate of drug-likeness (QED) is 0.841. The topological polar surface area (TPSA) is 118 Å². The van der Waals surface area contributed by atoms with Crippen molar-refractivity contribution in [3.8, 4) is 6.07 Å². The van der Waals surface area contributed by atoms with Crippen molar-refractivity contribution in [1.29, 1.82) is 5.26 Å². The third-order valence-electron chi connectivity index (χ3n) is 3.91. The summed E-state index contributed by atoms with van der Waals surface area (Å²) in [6.45, 7) is 5.21. The molecular formula is C14H22N2O4. The first-order chi connectivity index (χ1) is 9.49. The molecule has 2 aliphatic carbocycles. The van der Waals surface area contributed by atoms with Crippen molar-refractivity contribution in [2.45, 2.75) is 52.4 Å². The Morgan fingerprint density at radius 2 is 1.35 bits per heavy atom. The Kier molecular flexibility index (Phi) is 11.4. The van der Waals surface area contributed by atoms with Crippen LogP contribution in [-0.4, -0.2) is 18.8 Å². The lowest BCUT2D eigenvalue weighted by Crippen LogP contribution is -2.13. The number of hydrogen-bond acceptors (Lipinski definition) is 6. The number of rotatable bonds is 3. The highest BCUT2D eigenvalue weighted by Crippen LogP contribution is 2.47. The van der Waals surface area contributed by atoms with Gasteiger partial charge in [-0.2, -0.15) is 24.4 Å². The molecule has 112 valence electrons. The van der Waals surface area contributed by atoms with Crippen molar-refractivity contribution >= 4 is 12.3 Å². The van der Waals surface area contributed by atoms with E-state index in [4.69, 9.17) is 30.2 Å². The SMILES string of the molecule is CCC1(C#N)CC1.CCC1(CN)CC1.O=C=O.O=C=O. The zero-order chi connectivity index (χ0) is 16.1. The first-order valence-corrected chi connectivity index (χ1v) is 6.59. The molecule has 0 aromatic heterocycles. The van der Waals surface area contributed by atoms with Crippen LogP contribution in [0.5, 0.6) is 0 Å². The van der Waals surface area contributed by atoms with Gasteiger partial charge in [-0.1, -0.05) is 13.8 Å². The van der Waals surface area contributed by atoms with E-state index in [1.54, 1.807) is 0 Å². The molecule has 0 unspecified atom stereocenters. The molecule has 2 N–H and O–H groups in total. The fourth-order valence-corrected chi connectivity index (χ4v) is 1.57. The highest BCUT2D eigenvalue weighted by Gasteiger charge is 2.40. The van der Waals surface area contributed by atoms with Gasteiger partial charge in [-0.05, 0) is 50.5 Å². The summed E-state index contributed by atoms with van der Waals surface area (Å²) >= 11 is 0. The van der Waals surface area contributed by atoms with Crippen LogP contribution in [0.4, 0.5) is 0 Å². The highest BCUT2D eigenvalue weighted by molar-refractivity contribution is 5.20. The summed E-state index contributed by atoms with van der Waals surface area (Å²) in [6.07, 6.45) is 7.85. The second kappa shape index (κ2) is 11.1. The van der Waals surface area contributed by atoms with E-state index in [0.717, 1.165) is 25.8 Å². The maximum atomic E-state index is 8.41. The molecular weight excluding hydrogens is 260 g/mol. The Labute approximate surface area is 119 Å². The maximum absolute atomic E-state index is 8.41. The summed E-state index contributed by atoms with van der Waals surface area (Å²) in [5.41, 5.74) is 6.23. The van der Waals surface area contributed by atoms with E-state index >= 15 is 0 Å². The van der Waals surface area contributed by atoms with Crippen LogP contribution in [0.15, 0.2) is 0 Å². The van der Waals surface area contributed by atoms with Gasteiger partial charge in [0.15, 0.2) is 0 Å². The Hall–Kier alpha value is -1.79. The predicted octanol–water partition coefficient (Wildman–Crippen LogP) is 1.67. The zero-order valence-electron chi connectivity index (χ0n) is 12.1. The van der Waals surface area contributed by atoms with Crippen molar-refractivity contribution < 1.29 is 19.2 Å². The number of nitrogens with zero attached hydrogens (tertiary/aromatic N) is 1. The molecule has 0 bridgehead atoms. The molecule has 0 heterocycles. The average molecular weight is 282 g/mol. The predicted molar refractivity (Wildman–Crippen MR) is 68.6 cm³/mol. The molecule has 0 saturated heterocycles. The minimum atomic E-state index is 0.139. The smallest absolute Gasteiger partial charge is 0.330 e. The minimum Gasteiger partial charge on any atom is -0.330 e. The van der Waals surface area contributed by atoms with E-state index in [1.807, 2.05) is 0 Å². The summed E-state index contributed by atoms with van der Waals surface area (Å²) in [7, 11) is 0. The molecule has 0 aromatic carbocycles. The molecule has 0 spiro atoms. The largest absolute Gasteiger partial charge is 0.373 e. The Balaban J connectivity index is 0. The molecule has 6 nitrogen and oxygen atoms in total. The van der Waals surface area contributed by atoms with Crippen LogP contribution in [0.3, 0.4) is 0 Å². The normalized spacial score (nSPS) is 17.7.